The lowest BCUT2D eigenvalue weighted by molar-refractivity contribution is 0.0855. The SMILES string of the molecule is Cc1cc2c(cc1NC(=O)N1CCC[C@H](C(=O)c3cccs3)C1)OCCO2. The van der Waals surface area contributed by atoms with Gasteiger partial charge in [-0.3, -0.25) is 4.79 Å². The molecule has 2 amide bonds. The number of carbonyl (C=O) groups is 2. The molecule has 1 N–H and O–H groups in total. The zero-order valence-electron chi connectivity index (χ0n) is 15.2. The van der Waals surface area contributed by atoms with Crippen molar-refractivity contribution in [3.05, 3.63) is 40.1 Å². The lowest BCUT2D eigenvalue weighted by atomic mass is 9.93. The van der Waals surface area contributed by atoms with E-state index in [9.17, 15) is 9.59 Å². The van der Waals surface area contributed by atoms with Gasteiger partial charge in [-0.25, -0.2) is 4.79 Å². The van der Waals surface area contributed by atoms with Gasteiger partial charge in [-0.15, -0.1) is 11.3 Å². The normalized spacial score (nSPS) is 18.9. The molecule has 1 aromatic carbocycles. The number of amides is 2. The number of piperidine rings is 1. The van der Waals surface area contributed by atoms with Gasteiger partial charge in [-0.05, 0) is 42.8 Å². The number of benzene rings is 1. The third kappa shape index (κ3) is 3.78. The number of ether oxygens (including phenoxy) is 2. The molecule has 0 aliphatic carbocycles. The van der Waals surface area contributed by atoms with E-state index in [0.717, 1.165) is 23.3 Å². The number of thiophene rings is 1. The van der Waals surface area contributed by atoms with Crippen LogP contribution in [0.5, 0.6) is 11.5 Å². The molecule has 142 valence electrons. The number of nitrogens with one attached hydrogen (secondary N) is 1. The summed E-state index contributed by atoms with van der Waals surface area (Å²) in [5.41, 5.74) is 1.62. The topological polar surface area (TPSA) is 67.9 Å². The van der Waals surface area contributed by atoms with Crippen molar-refractivity contribution < 1.29 is 19.1 Å². The van der Waals surface area contributed by atoms with Crippen molar-refractivity contribution in [1.29, 1.82) is 0 Å². The minimum absolute atomic E-state index is 0.135. The minimum Gasteiger partial charge on any atom is -0.486 e. The van der Waals surface area contributed by atoms with Crippen LogP contribution in [-0.4, -0.2) is 43.0 Å². The van der Waals surface area contributed by atoms with Gasteiger partial charge in [0.15, 0.2) is 17.3 Å². The van der Waals surface area contributed by atoms with Crippen LogP contribution < -0.4 is 14.8 Å². The quantitative estimate of drug-likeness (QED) is 0.811. The summed E-state index contributed by atoms with van der Waals surface area (Å²) in [7, 11) is 0. The van der Waals surface area contributed by atoms with E-state index in [-0.39, 0.29) is 17.7 Å². The maximum absolute atomic E-state index is 12.8. The summed E-state index contributed by atoms with van der Waals surface area (Å²) >= 11 is 1.46. The number of nitrogens with zero attached hydrogens (tertiary/aromatic N) is 1. The maximum atomic E-state index is 12.8. The fraction of sp³-hybridized carbons (Fsp3) is 0.400. The molecule has 6 nitrogen and oxygen atoms in total. The molecule has 2 aliphatic rings. The van der Waals surface area contributed by atoms with E-state index in [1.807, 2.05) is 30.5 Å². The lowest BCUT2D eigenvalue weighted by Gasteiger charge is -2.32. The second-order valence-electron chi connectivity index (χ2n) is 6.87. The second kappa shape index (κ2) is 7.60. The molecule has 2 aromatic rings. The van der Waals surface area contributed by atoms with Gasteiger partial charge in [0.2, 0.25) is 0 Å². The Morgan fingerprint density at radius 3 is 2.74 bits per heavy atom. The van der Waals surface area contributed by atoms with Gasteiger partial charge in [0.05, 0.1) is 4.88 Å². The minimum atomic E-state index is -0.182. The zero-order valence-corrected chi connectivity index (χ0v) is 16.0. The van der Waals surface area contributed by atoms with E-state index < -0.39 is 0 Å². The molecule has 2 aliphatic heterocycles. The number of hydrogen-bond donors (Lipinski definition) is 1. The first-order valence-electron chi connectivity index (χ1n) is 9.15. The highest BCUT2D eigenvalue weighted by Gasteiger charge is 2.29. The summed E-state index contributed by atoms with van der Waals surface area (Å²) in [6.07, 6.45) is 1.65. The molecule has 0 radical (unpaired) electrons. The Labute approximate surface area is 162 Å². The molecule has 7 heteroatoms. The van der Waals surface area contributed by atoms with Crippen LogP contribution in [0.1, 0.15) is 28.1 Å². The molecule has 0 saturated carbocycles. The average molecular weight is 386 g/mol. The maximum Gasteiger partial charge on any atom is 0.321 e. The fourth-order valence-corrected chi connectivity index (χ4v) is 4.26. The van der Waals surface area contributed by atoms with Gasteiger partial charge in [0, 0.05) is 30.8 Å². The van der Waals surface area contributed by atoms with E-state index in [2.05, 4.69) is 5.32 Å². The van der Waals surface area contributed by atoms with Crippen LogP contribution in [0.3, 0.4) is 0 Å². The summed E-state index contributed by atoms with van der Waals surface area (Å²) in [5.74, 6) is 1.35. The molecule has 0 bridgehead atoms. The Bertz CT molecular complexity index is 850. The van der Waals surface area contributed by atoms with E-state index >= 15 is 0 Å². The van der Waals surface area contributed by atoms with Gasteiger partial charge < -0.3 is 19.7 Å². The van der Waals surface area contributed by atoms with Gasteiger partial charge in [0.1, 0.15) is 13.2 Å². The zero-order chi connectivity index (χ0) is 18.8. The van der Waals surface area contributed by atoms with Crippen molar-refractivity contribution in [2.45, 2.75) is 19.8 Å². The van der Waals surface area contributed by atoms with Crippen LogP contribution in [-0.2, 0) is 0 Å². The van der Waals surface area contributed by atoms with E-state index in [4.69, 9.17) is 9.47 Å². The van der Waals surface area contributed by atoms with Gasteiger partial charge in [-0.2, -0.15) is 0 Å². The highest BCUT2D eigenvalue weighted by atomic mass is 32.1. The smallest absolute Gasteiger partial charge is 0.321 e. The number of rotatable bonds is 3. The first kappa shape index (κ1) is 17.9. The monoisotopic (exact) mass is 386 g/mol. The van der Waals surface area contributed by atoms with E-state index in [1.165, 1.54) is 11.3 Å². The van der Waals surface area contributed by atoms with E-state index in [1.54, 1.807) is 11.0 Å². The molecule has 3 heterocycles. The van der Waals surface area contributed by atoms with Gasteiger partial charge in [-0.1, -0.05) is 6.07 Å². The molecule has 1 aromatic heterocycles. The molecular weight excluding hydrogens is 364 g/mol. The summed E-state index contributed by atoms with van der Waals surface area (Å²) < 4.78 is 11.2. The van der Waals surface area contributed by atoms with Crippen LogP contribution in [0.4, 0.5) is 10.5 Å². The van der Waals surface area contributed by atoms with Gasteiger partial charge >= 0.3 is 6.03 Å². The number of fused-ring (bicyclic) bond motifs is 1. The Kier molecular flexibility index (Phi) is 5.03. The lowest BCUT2D eigenvalue weighted by Crippen LogP contribution is -2.44. The molecule has 1 saturated heterocycles. The Morgan fingerprint density at radius 1 is 1.22 bits per heavy atom. The molecule has 4 rings (SSSR count). The van der Waals surface area contributed by atoms with Crippen molar-refractivity contribution in [2.75, 3.05) is 31.6 Å². The number of ketones is 1. The van der Waals surface area contributed by atoms with Crippen molar-refractivity contribution in [2.24, 2.45) is 5.92 Å². The van der Waals surface area contributed by atoms with Gasteiger partial charge in [0.25, 0.3) is 0 Å². The summed E-state index contributed by atoms with van der Waals surface area (Å²) in [6.45, 7) is 4.07. The average Bonchev–Trinajstić information content (AvgIpc) is 3.23. The standard InChI is InChI=1S/C20H22N2O4S/c1-13-10-16-17(26-8-7-25-16)11-15(13)21-20(24)22-6-2-4-14(12-22)19(23)18-5-3-9-27-18/h3,5,9-11,14H,2,4,6-8,12H2,1H3,(H,21,24)/t14-/m0/s1. The first-order valence-corrected chi connectivity index (χ1v) is 10.0. The molecule has 1 fully saturated rings. The number of likely N-dealkylation sites (tertiary alicyclic amines) is 1. The molecule has 0 spiro atoms. The molecule has 27 heavy (non-hydrogen) atoms. The summed E-state index contributed by atoms with van der Waals surface area (Å²) in [4.78, 5) is 27.9. The molecule has 0 unspecified atom stereocenters. The largest absolute Gasteiger partial charge is 0.486 e. The van der Waals surface area contributed by atoms with Crippen molar-refractivity contribution in [3.63, 3.8) is 0 Å². The Morgan fingerprint density at radius 2 is 2.00 bits per heavy atom. The predicted molar refractivity (Wildman–Crippen MR) is 104 cm³/mol. The Balaban J connectivity index is 1.44. The van der Waals surface area contributed by atoms with Crippen molar-refractivity contribution in [1.82, 2.24) is 4.90 Å². The number of Topliss-reactive ketones (excluding diaryl/α,β-unsaturated/α-hetero) is 1. The highest BCUT2D eigenvalue weighted by molar-refractivity contribution is 7.12. The highest BCUT2D eigenvalue weighted by Crippen LogP contribution is 2.35. The van der Waals surface area contributed by atoms with E-state index in [0.29, 0.717) is 43.5 Å². The first-order chi connectivity index (χ1) is 13.1. The fourth-order valence-electron chi connectivity index (χ4n) is 3.51. The number of carbonyl (C=O) groups excluding carboxylic acids is 2. The molecular formula is C20H22N2O4S. The van der Waals surface area contributed by atoms with Crippen LogP contribution in [0.15, 0.2) is 29.6 Å². The predicted octanol–water partition coefficient (Wildman–Crippen LogP) is 3.95. The van der Waals surface area contributed by atoms with Crippen LogP contribution in [0.2, 0.25) is 0 Å². The second-order valence-corrected chi connectivity index (χ2v) is 7.82. The number of hydrogen-bond acceptors (Lipinski definition) is 5. The van der Waals surface area contributed by atoms with Crippen LogP contribution in [0, 0.1) is 12.8 Å². The molecule has 1 atom stereocenters. The third-order valence-electron chi connectivity index (χ3n) is 4.97. The summed E-state index contributed by atoms with van der Waals surface area (Å²) in [6, 6.07) is 7.24. The van der Waals surface area contributed by atoms with Crippen molar-refractivity contribution >= 4 is 28.8 Å². The van der Waals surface area contributed by atoms with Crippen molar-refractivity contribution in [3.8, 4) is 11.5 Å². The Hall–Kier alpha value is -2.54. The summed E-state index contributed by atoms with van der Waals surface area (Å²) in [5, 5.41) is 4.87. The van der Waals surface area contributed by atoms with Crippen LogP contribution >= 0.6 is 11.3 Å². The number of aryl methyl sites for hydroxylation is 1. The number of urea groups is 1. The number of anilines is 1. The third-order valence-corrected chi connectivity index (χ3v) is 5.86. The van der Waals surface area contributed by atoms with Crippen LogP contribution in [0.25, 0.3) is 0 Å².